The number of carbonyl (C=O) groups excluding carboxylic acids is 2. The first-order valence-electron chi connectivity index (χ1n) is 6.84. The summed E-state index contributed by atoms with van der Waals surface area (Å²) in [7, 11) is 0. The Hall–Kier alpha value is -0.980. The maximum Gasteiger partial charge on any atom is 0.308 e. The van der Waals surface area contributed by atoms with Crippen molar-refractivity contribution in [2.24, 2.45) is 0 Å². The van der Waals surface area contributed by atoms with E-state index in [9.17, 15) is 9.59 Å². The van der Waals surface area contributed by atoms with Crippen LogP contribution in [0.4, 0.5) is 0 Å². The molecule has 0 aliphatic rings. The molecule has 0 aliphatic carbocycles. The van der Waals surface area contributed by atoms with E-state index >= 15 is 0 Å². The van der Waals surface area contributed by atoms with Crippen molar-refractivity contribution in [1.82, 2.24) is 0 Å². The fraction of sp³-hybridized carbons (Fsp3) is 0.857. The molecule has 0 rings (SSSR count). The molecule has 0 unspecified atom stereocenters. The first-order valence-corrected chi connectivity index (χ1v) is 6.84. The molecule has 0 spiro atoms. The number of aldehydes is 1. The van der Waals surface area contributed by atoms with Gasteiger partial charge in [0.05, 0.1) is 46.1 Å². The van der Waals surface area contributed by atoms with Crippen LogP contribution in [-0.2, 0) is 28.5 Å². The molecule has 6 nitrogen and oxygen atoms in total. The number of ether oxygens (including phenoxy) is 4. The van der Waals surface area contributed by atoms with Gasteiger partial charge in [0, 0.05) is 6.42 Å². The summed E-state index contributed by atoms with van der Waals surface area (Å²) in [5.41, 5.74) is -0.454. The topological polar surface area (TPSA) is 71.1 Å². The Bertz CT molecular complexity index is 259. The zero-order chi connectivity index (χ0) is 15.3. The van der Waals surface area contributed by atoms with Crippen LogP contribution in [0.5, 0.6) is 0 Å². The molecular weight excluding hydrogens is 264 g/mol. The van der Waals surface area contributed by atoms with Crippen molar-refractivity contribution < 1.29 is 28.5 Å². The average Bonchev–Trinajstić information content (AvgIpc) is 2.34. The van der Waals surface area contributed by atoms with Crippen LogP contribution in [0, 0.1) is 0 Å². The molecule has 0 atom stereocenters. The summed E-state index contributed by atoms with van der Waals surface area (Å²) < 4.78 is 20.8. The Balaban J connectivity index is 3.20. The Kier molecular flexibility index (Phi) is 11.2. The molecular formula is C14H26O6. The highest BCUT2D eigenvalue weighted by atomic mass is 16.6. The highest BCUT2D eigenvalue weighted by Crippen LogP contribution is 2.07. The molecule has 6 heteroatoms. The molecule has 0 heterocycles. The van der Waals surface area contributed by atoms with E-state index in [2.05, 4.69) is 0 Å². The zero-order valence-electron chi connectivity index (χ0n) is 12.7. The van der Waals surface area contributed by atoms with Crippen LogP contribution >= 0.6 is 0 Å². The van der Waals surface area contributed by atoms with E-state index in [1.54, 1.807) is 0 Å². The lowest BCUT2D eigenvalue weighted by Crippen LogP contribution is -2.24. The Morgan fingerprint density at radius 3 is 1.90 bits per heavy atom. The lowest BCUT2D eigenvalue weighted by Gasteiger charge is -2.19. The van der Waals surface area contributed by atoms with Gasteiger partial charge in [-0.25, -0.2) is 0 Å². The second kappa shape index (κ2) is 11.8. The molecule has 0 saturated carbocycles. The van der Waals surface area contributed by atoms with Crippen molar-refractivity contribution in [2.45, 2.75) is 39.2 Å². The van der Waals surface area contributed by atoms with Crippen molar-refractivity contribution >= 4 is 12.3 Å². The van der Waals surface area contributed by atoms with Gasteiger partial charge in [-0.3, -0.25) is 4.79 Å². The van der Waals surface area contributed by atoms with E-state index in [1.807, 2.05) is 20.8 Å². The van der Waals surface area contributed by atoms with E-state index in [0.717, 1.165) is 6.29 Å². The normalized spacial score (nSPS) is 11.3. The summed E-state index contributed by atoms with van der Waals surface area (Å²) in [4.78, 5) is 21.3. The summed E-state index contributed by atoms with van der Waals surface area (Å²) >= 11 is 0. The van der Waals surface area contributed by atoms with Crippen LogP contribution in [0.1, 0.15) is 33.6 Å². The quantitative estimate of drug-likeness (QED) is 0.307. The lowest BCUT2D eigenvalue weighted by atomic mass is 10.2. The van der Waals surface area contributed by atoms with Crippen LogP contribution in [0.3, 0.4) is 0 Å². The maximum atomic E-state index is 11.3. The van der Waals surface area contributed by atoms with Crippen LogP contribution in [0.2, 0.25) is 0 Å². The van der Waals surface area contributed by atoms with Crippen LogP contribution in [-0.4, -0.2) is 57.5 Å². The van der Waals surface area contributed by atoms with Gasteiger partial charge < -0.3 is 23.7 Å². The molecule has 0 bridgehead atoms. The van der Waals surface area contributed by atoms with Gasteiger partial charge in [0.2, 0.25) is 0 Å². The molecule has 0 amide bonds. The van der Waals surface area contributed by atoms with Gasteiger partial charge in [-0.15, -0.1) is 0 Å². The van der Waals surface area contributed by atoms with E-state index < -0.39 is 5.60 Å². The van der Waals surface area contributed by atoms with E-state index in [1.165, 1.54) is 0 Å². The van der Waals surface area contributed by atoms with Gasteiger partial charge >= 0.3 is 5.97 Å². The molecule has 0 aromatic rings. The fourth-order valence-corrected chi connectivity index (χ4v) is 1.22. The number of carbonyl (C=O) groups is 2. The van der Waals surface area contributed by atoms with Crippen molar-refractivity contribution in [3.63, 3.8) is 0 Å². The standard InChI is InChI=1S/C14H26O6/c1-14(2,3)20-13(16)5-8-18-10-12-19-11-9-17-7-4-6-15/h6H,4-5,7-12H2,1-3H3. The van der Waals surface area contributed by atoms with Crippen molar-refractivity contribution in [3.05, 3.63) is 0 Å². The predicted octanol–water partition coefficient (Wildman–Crippen LogP) is 1.36. The van der Waals surface area contributed by atoms with Gasteiger partial charge in [0.25, 0.3) is 0 Å². The molecule has 0 aliphatic heterocycles. The third-order valence-electron chi connectivity index (χ3n) is 1.99. The van der Waals surface area contributed by atoms with Crippen LogP contribution in [0.15, 0.2) is 0 Å². The van der Waals surface area contributed by atoms with Crippen molar-refractivity contribution in [3.8, 4) is 0 Å². The Morgan fingerprint density at radius 2 is 1.40 bits per heavy atom. The third-order valence-corrected chi connectivity index (χ3v) is 1.99. The van der Waals surface area contributed by atoms with Gasteiger partial charge in [-0.05, 0) is 20.8 Å². The third kappa shape index (κ3) is 15.1. The largest absolute Gasteiger partial charge is 0.460 e. The van der Waals surface area contributed by atoms with Crippen LogP contribution < -0.4 is 0 Å². The monoisotopic (exact) mass is 290 g/mol. The fourth-order valence-electron chi connectivity index (χ4n) is 1.22. The number of hydrogen-bond donors (Lipinski definition) is 0. The first kappa shape index (κ1) is 19.0. The maximum absolute atomic E-state index is 11.3. The molecule has 118 valence electrons. The minimum Gasteiger partial charge on any atom is -0.460 e. The summed E-state index contributed by atoms with van der Waals surface area (Å²) in [6, 6.07) is 0. The van der Waals surface area contributed by atoms with Gasteiger partial charge in [-0.1, -0.05) is 0 Å². The Morgan fingerprint density at radius 1 is 0.900 bits per heavy atom. The Labute approximate surface area is 120 Å². The summed E-state index contributed by atoms with van der Waals surface area (Å²) in [5, 5.41) is 0. The molecule has 0 saturated heterocycles. The van der Waals surface area contributed by atoms with Gasteiger partial charge in [-0.2, -0.15) is 0 Å². The summed E-state index contributed by atoms with van der Waals surface area (Å²) in [6.07, 6.45) is 1.47. The van der Waals surface area contributed by atoms with Gasteiger partial charge in [0.15, 0.2) is 0 Å². The average molecular weight is 290 g/mol. The van der Waals surface area contributed by atoms with E-state index in [-0.39, 0.29) is 12.4 Å². The highest BCUT2D eigenvalue weighted by Gasteiger charge is 2.15. The lowest BCUT2D eigenvalue weighted by molar-refractivity contribution is -0.156. The highest BCUT2D eigenvalue weighted by molar-refractivity contribution is 5.69. The smallest absolute Gasteiger partial charge is 0.308 e. The van der Waals surface area contributed by atoms with E-state index in [0.29, 0.717) is 46.1 Å². The molecule has 20 heavy (non-hydrogen) atoms. The van der Waals surface area contributed by atoms with Crippen molar-refractivity contribution in [2.75, 3.05) is 39.6 Å². The minimum absolute atomic E-state index is 0.242. The SMILES string of the molecule is CC(C)(C)OC(=O)CCOCCOCCOCCC=O. The van der Waals surface area contributed by atoms with Gasteiger partial charge in [0.1, 0.15) is 11.9 Å². The predicted molar refractivity (Wildman–Crippen MR) is 73.6 cm³/mol. The second-order valence-corrected chi connectivity index (χ2v) is 5.13. The summed E-state index contributed by atoms with van der Waals surface area (Å²) in [6.45, 7) is 8.06. The molecule has 0 radical (unpaired) electrons. The molecule has 0 N–H and O–H groups in total. The zero-order valence-corrected chi connectivity index (χ0v) is 12.7. The number of hydrogen-bond acceptors (Lipinski definition) is 6. The number of rotatable bonds is 12. The molecule has 0 fully saturated rings. The second-order valence-electron chi connectivity index (χ2n) is 5.13. The number of esters is 1. The summed E-state index contributed by atoms with van der Waals surface area (Å²) in [5.74, 6) is -0.262. The molecule has 0 aromatic heterocycles. The van der Waals surface area contributed by atoms with Crippen LogP contribution in [0.25, 0.3) is 0 Å². The molecule has 0 aromatic carbocycles. The van der Waals surface area contributed by atoms with Crippen molar-refractivity contribution in [1.29, 1.82) is 0 Å². The minimum atomic E-state index is -0.454. The van der Waals surface area contributed by atoms with E-state index in [4.69, 9.17) is 18.9 Å². The first-order chi connectivity index (χ1) is 9.45.